The second kappa shape index (κ2) is 22.1. The molecule has 0 aromatic rings. The van der Waals surface area contributed by atoms with E-state index in [1.807, 2.05) is 34.6 Å². The minimum Gasteiger partial charge on any atom is -0.192 e. The van der Waals surface area contributed by atoms with Crippen molar-refractivity contribution < 1.29 is 37.3 Å². The quantitative estimate of drug-likeness (QED) is 0.197. The first-order chi connectivity index (χ1) is 13.4. The number of aliphatic hydroxyl groups is 1. The van der Waals surface area contributed by atoms with Crippen LogP contribution in [0.4, 0.5) is 4.79 Å². The Kier molecular flexibility index (Phi) is 25.3. The van der Waals surface area contributed by atoms with Crippen molar-refractivity contribution in [2.24, 2.45) is 5.73 Å². The zero-order chi connectivity index (χ0) is 23.3. The van der Waals surface area contributed by atoms with E-state index in [1.54, 1.807) is 5.82 Å². The van der Waals surface area contributed by atoms with E-state index >= 15 is 0 Å². The van der Waals surface area contributed by atoms with E-state index in [2.05, 4.69) is 50.9 Å². The van der Waals surface area contributed by atoms with Crippen molar-refractivity contribution in [2.75, 3.05) is 10.7 Å². The van der Waals surface area contributed by atoms with Gasteiger partial charge in [0.2, 0.25) is 0 Å². The van der Waals surface area contributed by atoms with Crippen LogP contribution in [0.2, 0.25) is 0 Å². The first-order valence-electron chi connectivity index (χ1n) is 8.32. The van der Waals surface area contributed by atoms with Crippen LogP contribution >= 0.6 is 31.9 Å². The van der Waals surface area contributed by atoms with Gasteiger partial charge in [0, 0.05) is 22.7 Å². The van der Waals surface area contributed by atoms with Crippen molar-refractivity contribution in [3.8, 4) is 11.9 Å². The number of carbonyl (C=O) groups is 1. The first-order valence-corrected chi connectivity index (χ1v) is 11.6. The maximum atomic E-state index is 11.2. The Hall–Kier alpha value is -0.555. The number of aliphatic hydroxyl groups excluding tert-OH is 1. The van der Waals surface area contributed by atoms with Crippen LogP contribution in [-0.4, -0.2) is 50.9 Å². The van der Waals surface area contributed by atoms with Crippen LogP contribution in [-0.2, 0) is 34.5 Å². The molecule has 1 heterocycles. The van der Waals surface area contributed by atoms with Gasteiger partial charge in [-0.1, -0.05) is 40.5 Å². The average molecular weight is 568 g/mol. The molecule has 1 rings (SSSR count). The number of ether oxygens (including phenoxy) is 1. The summed E-state index contributed by atoms with van der Waals surface area (Å²) in [5, 5.41) is 15.7. The second-order valence-electron chi connectivity index (χ2n) is 6.26. The van der Waals surface area contributed by atoms with Gasteiger partial charge in [0.25, 0.3) is 0 Å². The molecular weight excluding hydrogens is 539 g/mol. The molecule has 0 radical (unpaired) electrons. The summed E-state index contributed by atoms with van der Waals surface area (Å²) >= 11 is 4.96. The summed E-state index contributed by atoms with van der Waals surface area (Å²) in [5.74, 6) is 1.74. The molecule has 0 unspecified atom stereocenters. The van der Waals surface area contributed by atoms with Crippen LogP contribution in [0.1, 0.15) is 47.5 Å². The summed E-state index contributed by atoms with van der Waals surface area (Å²) < 4.78 is 31.0. The molecular formula is C15H29BBr2N2O8S. The van der Waals surface area contributed by atoms with Gasteiger partial charge in [-0.25, -0.2) is 4.79 Å². The third-order valence-electron chi connectivity index (χ3n) is 2.16. The number of alkyl halides is 2. The monoisotopic (exact) mass is 566 g/mol. The predicted octanol–water partition coefficient (Wildman–Crippen LogP) is 2.59. The van der Waals surface area contributed by atoms with Crippen molar-refractivity contribution in [3.63, 3.8) is 0 Å². The molecule has 1 aliphatic rings. The number of alkyl carbamates (subject to hydrolysis) is 1. The molecule has 1 amide bonds. The van der Waals surface area contributed by atoms with E-state index in [-0.39, 0.29) is 12.1 Å². The van der Waals surface area contributed by atoms with Gasteiger partial charge in [-0.15, -0.1) is 0 Å². The Morgan fingerprint density at radius 2 is 1.76 bits per heavy atom. The number of amides is 1. The molecule has 0 bridgehead atoms. The smallest absolute Gasteiger partial charge is 0.192 e. The van der Waals surface area contributed by atoms with Crippen LogP contribution in [0, 0.1) is 11.9 Å². The summed E-state index contributed by atoms with van der Waals surface area (Å²) in [6.45, 7) is 9.50. The molecule has 170 valence electrons. The predicted molar refractivity (Wildman–Crippen MR) is 117 cm³/mol. The summed E-state index contributed by atoms with van der Waals surface area (Å²) in [6, 6.07) is 0.499. The summed E-state index contributed by atoms with van der Waals surface area (Å²) in [6.07, 6.45) is 3.02. The molecule has 2 atom stereocenters. The number of halogens is 2. The van der Waals surface area contributed by atoms with Gasteiger partial charge in [0.15, 0.2) is 0 Å². The van der Waals surface area contributed by atoms with Crippen molar-refractivity contribution >= 4 is 56.5 Å². The molecule has 0 spiro atoms. The molecule has 0 aromatic heterocycles. The molecule has 29 heavy (non-hydrogen) atoms. The van der Waals surface area contributed by atoms with Crippen LogP contribution < -0.4 is 11.1 Å². The zero-order valence-corrected chi connectivity index (χ0v) is 21.1. The fraction of sp³-hybridized carbons (Fsp3) is 0.800. The molecule has 14 heteroatoms. The fourth-order valence-corrected chi connectivity index (χ4v) is 2.50. The molecule has 4 N–H and O–H groups in total. The van der Waals surface area contributed by atoms with E-state index in [9.17, 15) is 9.00 Å². The summed E-state index contributed by atoms with van der Waals surface area (Å²) in [5.41, 5.74) is 4.95. The average Bonchev–Trinajstić information content (AvgIpc) is 2.53. The third kappa shape index (κ3) is 35.3. The molecule has 0 aliphatic carbocycles. The topological polar surface area (TPSA) is 146 Å². The van der Waals surface area contributed by atoms with Crippen molar-refractivity contribution in [1.82, 2.24) is 5.32 Å². The number of carbonyl (C=O) groups excluding carboxylic acids is 1. The van der Waals surface area contributed by atoms with Gasteiger partial charge >= 0.3 is 46.3 Å². The van der Waals surface area contributed by atoms with Crippen LogP contribution in [0.5, 0.6) is 0 Å². The Morgan fingerprint density at radius 3 is 1.93 bits per heavy atom. The van der Waals surface area contributed by atoms with Gasteiger partial charge in [-0.2, -0.15) is 4.21 Å². The molecule has 1 aliphatic heterocycles. The molecule has 0 aromatic carbocycles. The fourth-order valence-electron chi connectivity index (χ4n) is 0.993. The third-order valence-corrected chi connectivity index (χ3v) is 3.41. The Bertz CT molecular complexity index is 507. The number of hydrogen-bond acceptors (Lipinski definition) is 9. The number of hydrogen-bond donors (Lipinski definition) is 3. The minimum atomic E-state index is -1.61. The zero-order valence-electron chi connectivity index (χ0n) is 17.1. The van der Waals surface area contributed by atoms with E-state index in [0.29, 0.717) is 13.2 Å². The van der Waals surface area contributed by atoms with E-state index in [0.717, 1.165) is 23.5 Å². The molecule has 0 saturated carbocycles. The van der Waals surface area contributed by atoms with E-state index < -0.39 is 17.0 Å². The summed E-state index contributed by atoms with van der Waals surface area (Å²) in [4.78, 5) is 11.2. The van der Waals surface area contributed by atoms with Crippen molar-refractivity contribution in [2.45, 2.75) is 65.1 Å². The molecule has 1 fully saturated rings. The standard InChI is InChI=1S/C9H18BrNO2.C4H10BrN.C2HBO2.O4S/c1-7(5-6-10)11-8(12)13-9(2,3)4;1-4(6)2-3-5;4-2-1-3-5;1-5-3-2-4-5/h7H,5-6H2,1-4H3,(H,11,12);4H,2-3,6H2,1H3;4H;/t7-;4-;;/m11../s1. The van der Waals surface area contributed by atoms with Gasteiger partial charge in [0.1, 0.15) is 5.60 Å². The Morgan fingerprint density at radius 1 is 1.28 bits per heavy atom. The largest absolute Gasteiger partial charge is 0.367 e. The number of rotatable bonds is 5. The van der Waals surface area contributed by atoms with Crippen molar-refractivity contribution in [3.05, 3.63) is 0 Å². The van der Waals surface area contributed by atoms with Crippen LogP contribution in [0.25, 0.3) is 0 Å². The van der Waals surface area contributed by atoms with Crippen LogP contribution in [0.3, 0.4) is 0 Å². The maximum Gasteiger partial charge on any atom is 0.367 e. The van der Waals surface area contributed by atoms with Crippen molar-refractivity contribution in [1.29, 1.82) is 0 Å². The normalized spacial score (nSPS) is 14.1. The molecule has 10 nitrogen and oxygen atoms in total. The van der Waals surface area contributed by atoms with Gasteiger partial charge in [-0.05, 0) is 52.5 Å². The number of nitrogens with two attached hydrogens (primary N) is 1. The number of nitrogens with one attached hydrogen (secondary N) is 1. The SMILES string of the molecule is C[C@@H](N)CCBr.C[C@H](CCBr)NC(=O)OC(C)(C)C.O=BC#CO.O=S1OOO1. The van der Waals surface area contributed by atoms with Gasteiger partial charge in [-0.3, -0.25) is 0 Å². The summed E-state index contributed by atoms with van der Waals surface area (Å²) in [7, 11) is 0.319. The van der Waals surface area contributed by atoms with Gasteiger partial charge in [0.05, 0.1) is 0 Å². The second-order valence-corrected chi connectivity index (χ2v) is 8.53. The Labute approximate surface area is 192 Å². The first kappa shape index (κ1) is 33.1. The molecule has 1 saturated heterocycles. The maximum absolute atomic E-state index is 11.2. The van der Waals surface area contributed by atoms with Gasteiger partial charge < -0.3 is 15.8 Å². The minimum absolute atomic E-state index is 0.147. The Balaban J connectivity index is -0.000000349. The van der Waals surface area contributed by atoms with E-state index in [1.165, 1.54) is 6.11 Å². The van der Waals surface area contributed by atoms with E-state index in [4.69, 9.17) is 20.3 Å². The van der Waals surface area contributed by atoms with Crippen LogP contribution in [0.15, 0.2) is 0 Å².